The molecular formula is C30H33BrCl2N2O3. The number of carbonyl (C=O) groups excluding carboxylic acids is 2. The monoisotopic (exact) mass is 618 g/mol. The Morgan fingerprint density at radius 2 is 1.66 bits per heavy atom. The van der Waals surface area contributed by atoms with Gasteiger partial charge in [-0.3, -0.25) is 9.59 Å². The van der Waals surface area contributed by atoms with Crippen LogP contribution in [0.3, 0.4) is 0 Å². The number of ether oxygens (including phenoxy) is 1. The van der Waals surface area contributed by atoms with E-state index < -0.39 is 6.04 Å². The lowest BCUT2D eigenvalue weighted by molar-refractivity contribution is -0.143. The highest BCUT2D eigenvalue weighted by Gasteiger charge is 2.31. The van der Waals surface area contributed by atoms with E-state index in [-0.39, 0.29) is 31.0 Å². The molecule has 0 saturated carbocycles. The first-order valence-electron chi connectivity index (χ1n) is 12.7. The van der Waals surface area contributed by atoms with E-state index in [9.17, 15) is 9.59 Å². The molecule has 0 aliphatic heterocycles. The fourth-order valence-electron chi connectivity index (χ4n) is 3.93. The summed E-state index contributed by atoms with van der Waals surface area (Å²) in [6, 6.07) is 19.9. The molecule has 8 heteroatoms. The van der Waals surface area contributed by atoms with Crippen molar-refractivity contribution in [3.63, 3.8) is 0 Å². The van der Waals surface area contributed by atoms with E-state index in [1.807, 2.05) is 68.4 Å². The second kappa shape index (κ2) is 14.6. The Hall–Kier alpha value is -2.54. The molecule has 5 nitrogen and oxygen atoms in total. The average Bonchev–Trinajstić information content (AvgIpc) is 2.92. The van der Waals surface area contributed by atoms with Crippen LogP contribution in [0.1, 0.15) is 43.9 Å². The van der Waals surface area contributed by atoms with Gasteiger partial charge in [0.05, 0.1) is 14.5 Å². The number of nitrogens with one attached hydrogen (secondary N) is 1. The number of amides is 2. The molecule has 1 N–H and O–H groups in total. The van der Waals surface area contributed by atoms with Gasteiger partial charge in [-0.2, -0.15) is 0 Å². The maximum Gasteiger partial charge on any atom is 0.261 e. The molecule has 0 spiro atoms. The van der Waals surface area contributed by atoms with E-state index in [4.69, 9.17) is 27.9 Å². The zero-order chi connectivity index (χ0) is 27.7. The molecule has 0 aliphatic carbocycles. The maximum atomic E-state index is 13.7. The predicted octanol–water partition coefficient (Wildman–Crippen LogP) is 7.25. The second-order valence-electron chi connectivity index (χ2n) is 9.20. The molecular weight excluding hydrogens is 587 g/mol. The van der Waals surface area contributed by atoms with Crippen LogP contribution in [-0.4, -0.2) is 35.4 Å². The van der Waals surface area contributed by atoms with Gasteiger partial charge >= 0.3 is 0 Å². The molecule has 0 radical (unpaired) electrons. The number of aryl methyl sites for hydroxylation is 1. The smallest absolute Gasteiger partial charge is 0.261 e. The zero-order valence-corrected chi connectivity index (χ0v) is 24.9. The lowest BCUT2D eigenvalue weighted by Gasteiger charge is -2.32. The van der Waals surface area contributed by atoms with Crippen molar-refractivity contribution in [1.29, 1.82) is 0 Å². The van der Waals surface area contributed by atoms with E-state index in [1.54, 1.807) is 17.0 Å². The molecule has 3 aromatic rings. The standard InChI is InChI=1S/C30H33BrCl2N2O3/c1-4-20(3)34-30(37)27(17-22-9-7-6-8-10-22)35(18-23-11-13-25(32)26(33)16-23)29(36)19-38-28-14-12-21(5-2)15-24(28)31/h6-16,20,27H,4-5,17-19H2,1-3H3,(H,34,37)/t20-,27+/m1/s1. The number of hydrogen-bond donors (Lipinski definition) is 1. The van der Waals surface area contributed by atoms with Crippen LogP contribution in [0.25, 0.3) is 0 Å². The number of carbonyl (C=O) groups is 2. The van der Waals surface area contributed by atoms with Crippen molar-refractivity contribution in [2.75, 3.05) is 6.61 Å². The van der Waals surface area contributed by atoms with Crippen LogP contribution in [0.4, 0.5) is 0 Å². The van der Waals surface area contributed by atoms with E-state index in [0.29, 0.717) is 22.2 Å². The molecule has 38 heavy (non-hydrogen) atoms. The van der Waals surface area contributed by atoms with Crippen LogP contribution >= 0.6 is 39.1 Å². The van der Waals surface area contributed by atoms with E-state index >= 15 is 0 Å². The third kappa shape index (κ3) is 8.48. The Morgan fingerprint density at radius 3 is 2.29 bits per heavy atom. The molecule has 0 saturated heterocycles. The number of nitrogens with zero attached hydrogens (tertiary/aromatic N) is 1. The molecule has 0 fully saturated rings. The molecule has 2 atom stereocenters. The molecule has 0 unspecified atom stereocenters. The Kier molecular flexibility index (Phi) is 11.5. The molecule has 2 amide bonds. The zero-order valence-electron chi connectivity index (χ0n) is 21.8. The summed E-state index contributed by atoms with van der Waals surface area (Å²) < 4.78 is 6.70. The molecule has 3 aromatic carbocycles. The van der Waals surface area contributed by atoms with Gasteiger partial charge in [-0.25, -0.2) is 0 Å². The fraction of sp³-hybridized carbons (Fsp3) is 0.333. The van der Waals surface area contributed by atoms with Crippen molar-refractivity contribution in [3.8, 4) is 5.75 Å². The summed E-state index contributed by atoms with van der Waals surface area (Å²) in [5, 5.41) is 3.87. The summed E-state index contributed by atoms with van der Waals surface area (Å²) in [6.07, 6.45) is 2.02. The third-order valence-corrected chi connectivity index (χ3v) is 7.72. The van der Waals surface area contributed by atoms with Crippen molar-refractivity contribution in [1.82, 2.24) is 10.2 Å². The number of hydrogen-bond acceptors (Lipinski definition) is 3. The highest BCUT2D eigenvalue weighted by molar-refractivity contribution is 9.10. The van der Waals surface area contributed by atoms with Gasteiger partial charge in [-0.1, -0.05) is 79.5 Å². The van der Waals surface area contributed by atoms with Crippen molar-refractivity contribution in [2.45, 2.75) is 58.7 Å². The molecule has 0 bridgehead atoms. The first-order valence-corrected chi connectivity index (χ1v) is 14.3. The quantitative estimate of drug-likeness (QED) is 0.232. The van der Waals surface area contributed by atoms with E-state index in [0.717, 1.165) is 34.0 Å². The topological polar surface area (TPSA) is 58.6 Å². The third-order valence-electron chi connectivity index (χ3n) is 6.36. The van der Waals surface area contributed by atoms with Crippen molar-refractivity contribution >= 4 is 50.9 Å². The minimum Gasteiger partial charge on any atom is -0.483 e. The predicted molar refractivity (Wildman–Crippen MR) is 158 cm³/mol. The first kappa shape index (κ1) is 30.0. The van der Waals surface area contributed by atoms with Crippen LogP contribution < -0.4 is 10.1 Å². The highest BCUT2D eigenvalue weighted by Crippen LogP contribution is 2.27. The first-order chi connectivity index (χ1) is 18.2. The van der Waals surface area contributed by atoms with Gasteiger partial charge in [-0.05, 0) is 76.7 Å². The Morgan fingerprint density at radius 1 is 0.947 bits per heavy atom. The lowest BCUT2D eigenvalue weighted by Crippen LogP contribution is -2.53. The van der Waals surface area contributed by atoms with Crippen molar-refractivity contribution < 1.29 is 14.3 Å². The van der Waals surface area contributed by atoms with Crippen LogP contribution in [0, 0.1) is 0 Å². The second-order valence-corrected chi connectivity index (χ2v) is 10.9. The summed E-state index contributed by atoms with van der Waals surface area (Å²) in [5.74, 6) is 0.0292. The summed E-state index contributed by atoms with van der Waals surface area (Å²) in [7, 11) is 0. The van der Waals surface area contributed by atoms with Crippen molar-refractivity contribution in [3.05, 3.63) is 97.9 Å². The molecule has 0 heterocycles. The summed E-state index contributed by atoms with van der Waals surface area (Å²) in [4.78, 5) is 28.9. The van der Waals surface area contributed by atoms with Crippen molar-refractivity contribution in [2.24, 2.45) is 0 Å². The van der Waals surface area contributed by atoms with Gasteiger partial charge in [0, 0.05) is 19.0 Å². The number of halogens is 3. The van der Waals surface area contributed by atoms with Gasteiger partial charge in [0.15, 0.2) is 6.61 Å². The van der Waals surface area contributed by atoms with Gasteiger partial charge in [0.1, 0.15) is 11.8 Å². The van der Waals surface area contributed by atoms with Crippen LogP contribution in [0.15, 0.2) is 71.2 Å². The fourth-order valence-corrected chi connectivity index (χ4v) is 4.79. The SMILES string of the molecule is CCc1ccc(OCC(=O)N(Cc2ccc(Cl)c(Cl)c2)[C@@H](Cc2ccccc2)C(=O)N[C@H](C)CC)c(Br)c1. The Labute approximate surface area is 243 Å². The minimum absolute atomic E-state index is 0.0352. The summed E-state index contributed by atoms with van der Waals surface area (Å²) in [6.45, 7) is 5.96. The van der Waals surface area contributed by atoms with Gasteiger partial charge in [0.25, 0.3) is 5.91 Å². The number of benzene rings is 3. The lowest BCUT2D eigenvalue weighted by atomic mass is 10.0. The Bertz CT molecular complexity index is 1240. The van der Waals surface area contributed by atoms with Crippen LogP contribution in [0.5, 0.6) is 5.75 Å². The summed E-state index contributed by atoms with van der Waals surface area (Å²) >= 11 is 15.9. The molecule has 3 rings (SSSR count). The van der Waals surface area contributed by atoms with E-state index in [1.165, 1.54) is 0 Å². The van der Waals surface area contributed by atoms with E-state index in [2.05, 4.69) is 28.2 Å². The van der Waals surface area contributed by atoms with Gasteiger partial charge in [-0.15, -0.1) is 0 Å². The van der Waals surface area contributed by atoms with Crippen LogP contribution in [-0.2, 0) is 29.0 Å². The highest BCUT2D eigenvalue weighted by atomic mass is 79.9. The normalized spacial score (nSPS) is 12.5. The molecule has 0 aliphatic rings. The van der Waals surface area contributed by atoms with Gasteiger partial charge < -0.3 is 15.0 Å². The molecule has 202 valence electrons. The maximum absolute atomic E-state index is 13.7. The van der Waals surface area contributed by atoms with Gasteiger partial charge in [0.2, 0.25) is 5.91 Å². The molecule has 0 aromatic heterocycles. The summed E-state index contributed by atoms with van der Waals surface area (Å²) in [5.41, 5.74) is 2.86. The largest absolute Gasteiger partial charge is 0.483 e. The number of rotatable bonds is 12. The average molecular weight is 620 g/mol. The Balaban J connectivity index is 1.94. The minimum atomic E-state index is -0.761. The van der Waals surface area contributed by atoms with Crippen LogP contribution in [0.2, 0.25) is 10.0 Å².